The first-order valence-corrected chi connectivity index (χ1v) is 25.2. The molecule has 0 amide bonds. The van der Waals surface area contributed by atoms with Gasteiger partial charge in [-0.2, -0.15) is 0 Å². The fraction of sp³-hybridized carbons (Fsp3) is 0.215. The highest BCUT2D eigenvalue weighted by Gasteiger charge is 2.77. The van der Waals surface area contributed by atoms with E-state index in [4.69, 9.17) is 19.7 Å². The molecule has 6 aliphatic carbocycles. The zero-order valence-corrected chi connectivity index (χ0v) is 38.8. The van der Waals surface area contributed by atoms with Gasteiger partial charge in [-0.1, -0.05) is 172 Å². The van der Waals surface area contributed by atoms with Gasteiger partial charge >= 0.3 is 0 Å². The highest BCUT2D eigenvalue weighted by Crippen LogP contribution is 2.84. The van der Waals surface area contributed by atoms with Gasteiger partial charge in [0.15, 0.2) is 17.5 Å². The fourth-order valence-electron chi connectivity index (χ4n) is 15.9. The van der Waals surface area contributed by atoms with Crippen LogP contribution in [-0.4, -0.2) is 15.0 Å². The van der Waals surface area contributed by atoms with Crippen molar-refractivity contribution < 1.29 is 4.74 Å². The molecule has 4 saturated carbocycles. The van der Waals surface area contributed by atoms with E-state index in [0.29, 0.717) is 28.3 Å². The van der Waals surface area contributed by atoms with E-state index in [1.807, 2.05) is 0 Å². The monoisotopic (exact) mass is 887 g/mol. The lowest BCUT2D eigenvalue weighted by Crippen LogP contribution is -2.59. The molecule has 4 nitrogen and oxygen atoms in total. The van der Waals surface area contributed by atoms with Crippen molar-refractivity contribution >= 4 is 0 Å². The fourth-order valence-corrected chi connectivity index (χ4v) is 15.9. The quantitative estimate of drug-likeness (QED) is 0.173. The second-order valence-electron chi connectivity index (χ2n) is 22.1. The second-order valence-corrected chi connectivity index (χ2v) is 22.1. The lowest BCUT2D eigenvalue weighted by Gasteiger charge is -2.66. The maximum Gasteiger partial charge on any atom is 0.164 e. The predicted molar refractivity (Wildman–Crippen MR) is 274 cm³/mol. The van der Waals surface area contributed by atoms with Gasteiger partial charge in [0.2, 0.25) is 0 Å². The van der Waals surface area contributed by atoms with Gasteiger partial charge in [0.1, 0.15) is 11.5 Å². The molecule has 2 heterocycles. The van der Waals surface area contributed by atoms with E-state index in [0.717, 1.165) is 68.2 Å². The summed E-state index contributed by atoms with van der Waals surface area (Å²) in [7, 11) is 0. The third-order valence-electron chi connectivity index (χ3n) is 18.9. The van der Waals surface area contributed by atoms with Crippen molar-refractivity contribution in [3.05, 3.63) is 221 Å². The lowest BCUT2D eigenvalue weighted by atomic mass is 9.38. The van der Waals surface area contributed by atoms with Crippen LogP contribution in [0.3, 0.4) is 0 Å². The lowest BCUT2D eigenvalue weighted by molar-refractivity contribution is -0.175. The third-order valence-corrected chi connectivity index (χ3v) is 18.9. The molecule has 16 rings (SSSR count). The molecule has 7 aliphatic rings. The van der Waals surface area contributed by atoms with E-state index in [2.05, 4.69) is 196 Å². The van der Waals surface area contributed by atoms with Crippen LogP contribution in [0.15, 0.2) is 182 Å². The highest BCUT2D eigenvalue weighted by atomic mass is 16.5. The minimum atomic E-state index is -0.569. The van der Waals surface area contributed by atoms with Crippen LogP contribution in [0.4, 0.5) is 0 Å². The molecule has 4 heteroatoms. The Morgan fingerprint density at radius 1 is 0.406 bits per heavy atom. The van der Waals surface area contributed by atoms with Crippen LogP contribution in [0.1, 0.15) is 84.9 Å². The SMILES string of the molecule is CC1(C)c2ccccc2-c2ccc(-c3nc(-c4ccc(C56CC7CC8C[C@@H](C5)C87C6)cc4)nc(-c4ccccc4-c4ccc5c(c4)C4(c6ccccc6O5)c5ccccc5-c5ccccc54)n3)cc21. The molecule has 0 radical (unpaired) electrons. The molecule has 330 valence electrons. The van der Waals surface area contributed by atoms with E-state index < -0.39 is 5.41 Å². The van der Waals surface area contributed by atoms with Crippen LogP contribution in [0.2, 0.25) is 0 Å². The van der Waals surface area contributed by atoms with E-state index in [9.17, 15) is 0 Å². The van der Waals surface area contributed by atoms with Crippen LogP contribution < -0.4 is 4.74 Å². The first-order chi connectivity index (χ1) is 33.8. The average molecular weight is 888 g/mol. The highest BCUT2D eigenvalue weighted by molar-refractivity contribution is 5.91. The summed E-state index contributed by atoms with van der Waals surface area (Å²) in [6.07, 6.45) is 7.08. The number of aromatic nitrogens is 3. The summed E-state index contributed by atoms with van der Waals surface area (Å²) >= 11 is 0. The smallest absolute Gasteiger partial charge is 0.164 e. The summed E-state index contributed by atoms with van der Waals surface area (Å²) in [5, 5.41) is 0. The largest absolute Gasteiger partial charge is 0.457 e. The van der Waals surface area contributed by atoms with Gasteiger partial charge in [-0.15, -0.1) is 0 Å². The Morgan fingerprint density at radius 2 is 0.913 bits per heavy atom. The van der Waals surface area contributed by atoms with Crippen molar-refractivity contribution in [2.45, 2.75) is 62.2 Å². The molecule has 2 spiro atoms. The number of para-hydroxylation sites is 1. The van der Waals surface area contributed by atoms with Crippen molar-refractivity contribution in [2.24, 2.45) is 23.2 Å². The van der Waals surface area contributed by atoms with Crippen molar-refractivity contribution in [1.29, 1.82) is 0 Å². The van der Waals surface area contributed by atoms with Crippen LogP contribution in [-0.2, 0) is 16.2 Å². The standard InChI is InChI=1S/C65H49N3O/c1-62(2)51-18-8-5-14-46(51)49-29-25-40(32-55(49)62)60-66-59(38-23-27-41(28-24-38)63-35-43-33-42-34-44(36-63)64(42,43)37-63)67-61(68-60)50-17-4-3-13-45(50)39-26-30-58-56(31-39)65(54-21-11-12-22-57(54)69-58)52-19-9-6-15-47(52)48-16-7-10-20-53(48)65/h3-32,42-44H,33-37H2,1-2H3/t42?,43-,44?,63?,64?/m0/s1. The van der Waals surface area contributed by atoms with Gasteiger partial charge in [0, 0.05) is 33.2 Å². The number of ether oxygens (including phenoxy) is 1. The summed E-state index contributed by atoms with van der Waals surface area (Å²) in [4.78, 5) is 16.3. The van der Waals surface area contributed by atoms with Crippen molar-refractivity contribution in [3.63, 3.8) is 0 Å². The molecule has 5 atom stereocenters. The zero-order valence-electron chi connectivity index (χ0n) is 38.8. The van der Waals surface area contributed by atoms with Gasteiger partial charge in [-0.05, 0) is 146 Å². The van der Waals surface area contributed by atoms with Crippen LogP contribution in [0, 0.1) is 23.2 Å². The Hall–Kier alpha value is -7.43. The zero-order chi connectivity index (χ0) is 45.4. The van der Waals surface area contributed by atoms with Gasteiger partial charge in [-0.3, -0.25) is 0 Å². The first kappa shape index (κ1) is 38.5. The molecule has 2 bridgehead atoms. The van der Waals surface area contributed by atoms with Gasteiger partial charge < -0.3 is 4.74 Å². The van der Waals surface area contributed by atoms with Crippen molar-refractivity contribution in [3.8, 4) is 79.0 Å². The Bertz CT molecular complexity index is 3650. The molecule has 69 heavy (non-hydrogen) atoms. The molecule has 9 aromatic rings. The van der Waals surface area contributed by atoms with E-state index in [-0.39, 0.29) is 5.41 Å². The molecular formula is C65H49N3O. The molecule has 1 aliphatic heterocycles. The van der Waals surface area contributed by atoms with Gasteiger partial charge in [-0.25, -0.2) is 15.0 Å². The Kier molecular flexibility index (Phi) is 7.37. The minimum Gasteiger partial charge on any atom is -0.457 e. The maximum atomic E-state index is 6.84. The summed E-state index contributed by atoms with van der Waals surface area (Å²) in [6.45, 7) is 4.67. The number of rotatable bonds is 5. The molecule has 0 saturated heterocycles. The third kappa shape index (κ3) is 4.82. The molecular weight excluding hydrogens is 839 g/mol. The minimum absolute atomic E-state index is 0.157. The second kappa shape index (κ2) is 13.2. The number of fused-ring (bicyclic) bond motifs is 13. The topological polar surface area (TPSA) is 47.9 Å². The van der Waals surface area contributed by atoms with E-state index >= 15 is 0 Å². The van der Waals surface area contributed by atoms with Gasteiger partial charge in [0.05, 0.1) is 5.41 Å². The summed E-state index contributed by atoms with van der Waals surface area (Å²) < 4.78 is 6.84. The Labute approximate surface area is 403 Å². The van der Waals surface area contributed by atoms with E-state index in [1.165, 1.54) is 82.2 Å². The van der Waals surface area contributed by atoms with Crippen LogP contribution in [0.25, 0.3) is 67.5 Å². The molecule has 1 aromatic heterocycles. The summed E-state index contributed by atoms with van der Waals surface area (Å²) in [5.74, 6) is 6.69. The maximum absolute atomic E-state index is 6.84. The average Bonchev–Trinajstić information content (AvgIpc) is 4.07. The van der Waals surface area contributed by atoms with E-state index in [1.54, 1.807) is 0 Å². The molecule has 4 unspecified atom stereocenters. The van der Waals surface area contributed by atoms with Crippen molar-refractivity contribution in [1.82, 2.24) is 15.0 Å². The Balaban J connectivity index is 0.863. The normalized spacial score (nSPS) is 24.4. The molecule has 4 fully saturated rings. The summed E-state index contributed by atoms with van der Waals surface area (Å²) in [5.41, 5.74) is 19.5. The number of hydrogen-bond acceptors (Lipinski definition) is 4. The first-order valence-electron chi connectivity index (χ1n) is 25.2. The number of hydrogen-bond donors (Lipinski definition) is 0. The van der Waals surface area contributed by atoms with Crippen LogP contribution in [0.5, 0.6) is 11.5 Å². The molecule has 0 N–H and O–H groups in total. The van der Waals surface area contributed by atoms with Gasteiger partial charge in [0.25, 0.3) is 0 Å². The Morgan fingerprint density at radius 3 is 1.59 bits per heavy atom. The number of benzene rings is 8. The predicted octanol–water partition coefficient (Wildman–Crippen LogP) is 15.4. The number of nitrogens with zero attached hydrogens (tertiary/aromatic N) is 3. The molecule has 8 aromatic carbocycles. The van der Waals surface area contributed by atoms with Crippen molar-refractivity contribution in [2.75, 3.05) is 0 Å². The van der Waals surface area contributed by atoms with Crippen LogP contribution >= 0.6 is 0 Å². The summed E-state index contributed by atoms with van der Waals surface area (Å²) in [6, 6.07) is 66.9.